The van der Waals surface area contributed by atoms with Crippen LogP contribution in [0.5, 0.6) is 0 Å². The van der Waals surface area contributed by atoms with Crippen LogP contribution in [0.3, 0.4) is 0 Å². The number of hydrogen-bond acceptors (Lipinski definition) is 6. The average Bonchev–Trinajstić information content (AvgIpc) is 3.18. The molecule has 2 aliphatic heterocycles. The Balaban J connectivity index is 1.39. The van der Waals surface area contributed by atoms with Crippen molar-refractivity contribution in [2.45, 2.75) is 38.5 Å². The molecule has 3 atom stereocenters. The van der Waals surface area contributed by atoms with Gasteiger partial charge in [-0.2, -0.15) is 10.1 Å². The monoisotopic (exact) mass is 303 g/mol. The van der Waals surface area contributed by atoms with Gasteiger partial charge in [0.2, 0.25) is 11.7 Å². The molecule has 22 heavy (non-hydrogen) atoms. The van der Waals surface area contributed by atoms with Crippen LogP contribution in [0.25, 0.3) is 0 Å². The van der Waals surface area contributed by atoms with E-state index < -0.39 is 0 Å². The molecular weight excluding hydrogens is 282 g/mol. The topological polar surface area (TPSA) is 69.2 Å². The third-order valence-electron chi connectivity index (χ3n) is 4.63. The van der Waals surface area contributed by atoms with E-state index in [1.807, 2.05) is 24.9 Å². The van der Waals surface area contributed by atoms with Crippen molar-refractivity contribution >= 4 is 0 Å². The van der Waals surface area contributed by atoms with E-state index in [1.54, 1.807) is 0 Å². The summed E-state index contributed by atoms with van der Waals surface area (Å²) in [7, 11) is 1.95. The summed E-state index contributed by atoms with van der Waals surface area (Å²) in [5.74, 6) is 1.91. The van der Waals surface area contributed by atoms with Gasteiger partial charge in [-0.25, -0.2) is 0 Å². The van der Waals surface area contributed by atoms with Crippen molar-refractivity contribution in [2.24, 2.45) is 13.0 Å². The Morgan fingerprint density at radius 3 is 3.05 bits per heavy atom. The van der Waals surface area contributed by atoms with E-state index in [-0.39, 0.29) is 12.2 Å². The lowest BCUT2D eigenvalue weighted by Crippen LogP contribution is -2.41. The zero-order chi connectivity index (χ0) is 15.1. The molecule has 2 aliphatic rings. The third-order valence-corrected chi connectivity index (χ3v) is 4.63. The van der Waals surface area contributed by atoms with E-state index in [2.05, 4.69) is 26.3 Å². The van der Waals surface area contributed by atoms with Crippen LogP contribution in [0.1, 0.15) is 36.2 Å². The van der Waals surface area contributed by atoms with Crippen molar-refractivity contribution in [2.75, 3.05) is 13.1 Å². The maximum Gasteiger partial charge on any atom is 0.223 e. The fourth-order valence-electron chi connectivity index (χ4n) is 3.56. The SMILES string of the molecule is Cc1nc([C@@H]2C[C@@H]3CCN(Cc4cnn(C)c4)C[C@H]3O2)no1. The van der Waals surface area contributed by atoms with Crippen LogP contribution in [0.2, 0.25) is 0 Å². The molecule has 4 heterocycles. The van der Waals surface area contributed by atoms with Gasteiger partial charge in [0.25, 0.3) is 0 Å². The van der Waals surface area contributed by atoms with Crippen LogP contribution in [0.4, 0.5) is 0 Å². The number of piperidine rings is 1. The van der Waals surface area contributed by atoms with Crippen molar-refractivity contribution in [3.63, 3.8) is 0 Å². The summed E-state index contributed by atoms with van der Waals surface area (Å²) in [6, 6.07) is 0. The average molecular weight is 303 g/mol. The number of rotatable bonds is 3. The van der Waals surface area contributed by atoms with Gasteiger partial charge in [-0.15, -0.1) is 0 Å². The number of aryl methyl sites for hydroxylation is 2. The number of nitrogens with zero attached hydrogens (tertiary/aromatic N) is 5. The molecule has 0 radical (unpaired) electrons. The molecule has 0 N–H and O–H groups in total. The second kappa shape index (κ2) is 5.48. The van der Waals surface area contributed by atoms with Gasteiger partial charge in [-0.3, -0.25) is 9.58 Å². The quantitative estimate of drug-likeness (QED) is 0.855. The highest BCUT2D eigenvalue weighted by molar-refractivity contribution is 5.05. The predicted molar refractivity (Wildman–Crippen MR) is 77.9 cm³/mol. The molecule has 0 spiro atoms. The van der Waals surface area contributed by atoms with E-state index in [9.17, 15) is 0 Å². The molecule has 2 aromatic rings. The molecule has 7 nitrogen and oxygen atoms in total. The second-order valence-corrected chi connectivity index (χ2v) is 6.38. The lowest BCUT2D eigenvalue weighted by molar-refractivity contribution is -0.0125. The van der Waals surface area contributed by atoms with Crippen molar-refractivity contribution in [1.82, 2.24) is 24.8 Å². The van der Waals surface area contributed by atoms with Crippen LogP contribution in [0.15, 0.2) is 16.9 Å². The highest BCUT2D eigenvalue weighted by atomic mass is 16.5. The Bertz CT molecular complexity index is 652. The first kappa shape index (κ1) is 13.9. The molecule has 2 fully saturated rings. The van der Waals surface area contributed by atoms with Crippen LogP contribution < -0.4 is 0 Å². The van der Waals surface area contributed by atoms with Gasteiger partial charge in [0.15, 0.2) is 0 Å². The molecule has 0 amide bonds. The van der Waals surface area contributed by atoms with Gasteiger partial charge < -0.3 is 9.26 Å². The molecule has 2 aromatic heterocycles. The van der Waals surface area contributed by atoms with Crippen LogP contribution in [0, 0.1) is 12.8 Å². The summed E-state index contributed by atoms with van der Waals surface area (Å²) in [4.78, 5) is 6.76. The normalized spacial score (nSPS) is 28.9. The van der Waals surface area contributed by atoms with E-state index >= 15 is 0 Å². The fraction of sp³-hybridized carbons (Fsp3) is 0.667. The molecule has 0 saturated carbocycles. The van der Waals surface area contributed by atoms with E-state index in [0.29, 0.717) is 17.6 Å². The Labute approximate surface area is 129 Å². The molecule has 0 aliphatic carbocycles. The van der Waals surface area contributed by atoms with Crippen molar-refractivity contribution < 1.29 is 9.26 Å². The maximum absolute atomic E-state index is 6.19. The predicted octanol–water partition coefficient (Wildman–Crippen LogP) is 1.46. The smallest absolute Gasteiger partial charge is 0.223 e. The summed E-state index contributed by atoms with van der Waals surface area (Å²) in [6.07, 6.45) is 6.45. The Morgan fingerprint density at radius 1 is 1.41 bits per heavy atom. The Morgan fingerprint density at radius 2 is 2.32 bits per heavy atom. The highest BCUT2D eigenvalue weighted by Crippen LogP contribution is 2.40. The highest BCUT2D eigenvalue weighted by Gasteiger charge is 2.41. The Hall–Kier alpha value is -1.73. The molecule has 0 bridgehead atoms. The summed E-state index contributed by atoms with van der Waals surface area (Å²) in [5.41, 5.74) is 1.25. The number of hydrogen-bond donors (Lipinski definition) is 0. The zero-order valence-electron chi connectivity index (χ0n) is 13.0. The molecule has 7 heteroatoms. The van der Waals surface area contributed by atoms with Gasteiger partial charge >= 0.3 is 0 Å². The zero-order valence-corrected chi connectivity index (χ0v) is 13.0. The van der Waals surface area contributed by atoms with Crippen LogP contribution in [-0.2, 0) is 18.3 Å². The molecular formula is C15H21N5O2. The minimum atomic E-state index is -0.00853. The van der Waals surface area contributed by atoms with E-state index in [0.717, 1.165) is 32.5 Å². The van der Waals surface area contributed by atoms with E-state index in [4.69, 9.17) is 9.26 Å². The van der Waals surface area contributed by atoms with Gasteiger partial charge in [-0.05, 0) is 25.3 Å². The lowest BCUT2D eigenvalue weighted by Gasteiger charge is -2.33. The minimum Gasteiger partial charge on any atom is -0.365 e. The van der Waals surface area contributed by atoms with Gasteiger partial charge in [0, 0.05) is 38.8 Å². The second-order valence-electron chi connectivity index (χ2n) is 6.38. The van der Waals surface area contributed by atoms with Crippen LogP contribution >= 0.6 is 0 Å². The first-order valence-corrected chi connectivity index (χ1v) is 7.83. The van der Waals surface area contributed by atoms with Crippen LogP contribution in [-0.4, -0.2) is 44.0 Å². The third kappa shape index (κ3) is 2.66. The molecule has 2 saturated heterocycles. The lowest BCUT2D eigenvalue weighted by atomic mass is 9.91. The van der Waals surface area contributed by atoms with Crippen molar-refractivity contribution in [3.05, 3.63) is 29.7 Å². The number of likely N-dealkylation sites (tertiary alicyclic amines) is 1. The van der Waals surface area contributed by atoms with Gasteiger partial charge in [0.05, 0.1) is 12.3 Å². The number of fused-ring (bicyclic) bond motifs is 1. The molecule has 118 valence electrons. The summed E-state index contributed by atoms with van der Waals surface area (Å²) >= 11 is 0. The summed E-state index contributed by atoms with van der Waals surface area (Å²) in [6.45, 7) is 4.82. The standard InChI is InChI=1S/C15H21N5O2/c1-10-17-15(18-22-10)13-5-12-3-4-20(9-14(12)21-13)8-11-6-16-19(2)7-11/h6-7,12-14H,3-5,8-9H2,1-2H3/t12-,13-,14+/m0/s1. The molecule has 4 rings (SSSR count). The van der Waals surface area contributed by atoms with Crippen molar-refractivity contribution in [1.29, 1.82) is 0 Å². The first-order chi connectivity index (χ1) is 10.7. The fourth-order valence-corrected chi connectivity index (χ4v) is 3.56. The first-order valence-electron chi connectivity index (χ1n) is 7.83. The van der Waals surface area contributed by atoms with Gasteiger partial charge in [-0.1, -0.05) is 5.16 Å². The van der Waals surface area contributed by atoms with Gasteiger partial charge in [0.1, 0.15) is 6.10 Å². The summed E-state index contributed by atoms with van der Waals surface area (Å²) in [5, 5.41) is 8.24. The molecule has 0 aromatic carbocycles. The number of ether oxygens (including phenoxy) is 1. The largest absolute Gasteiger partial charge is 0.365 e. The summed E-state index contributed by atoms with van der Waals surface area (Å²) < 4.78 is 13.1. The number of aromatic nitrogens is 4. The van der Waals surface area contributed by atoms with E-state index in [1.165, 1.54) is 5.56 Å². The van der Waals surface area contributed by atoms with Crippen molar-refractivity contribution in [3.8, 4) is 0 Å². The Kier molecular flexibility index (Phi) is 3.46. The molecule has 0 unspecified atom stereocenters. The minimum absolute atomic E-state index is 0.00853. The maximum atomic E-state index is 6.19.